The monoisotopic (exact) mass is 169 g/mol. The van der Waals surface area contributed by atoms with Gasteiger partial charge in [0.2, 0.25) is 0 Å². The molecule has 0 fully saturated rings. The Bertz CT molecular complexity index is 330. The van der Waals surface area contributed by atoms with Gasteiger partial charge in [-0.2, -0.15) is 0 Å². The second kappa shape index (κ2) is 3.56. The predicted molar refractivity (Wildman–Crippen MR) is 40.2 cm³/mol. The summed E-state index contributed by atoms with van der Waals surface area (Å²) in [5.41, 5.74) is -0.321. The van der Waals surface area contributed by atoms with Crippen LogP contribution in [0.3, 0.4) is 0 Å². The fraction of sp³-hybridized carbons (Fsp3) is 0.143. The minimum Gasteiger partial charge on any atom is -0.482 e. The first-order valence-corrected chi connectivity index (χ1v) is 3.22. The number of rotatable bonds is 3. The fourth-order valence-corrected chi connectivity index (χ4v) is 0.660. The second-order valence-corrected chi connectivity index (χ2v) is 2.07. The van der Waals surface area contributed by atoms with Crippen LogP contribution in [0, 0.1) is 0 Å². The van der Waals surface area contributed by atoms with Crippen molar-refractivity contribution in [2.45, 2.75) is 0 Å². The summed E-state index contributed by atoms with van der Waals surface area (Å²) in [4.78, 5) is 23.1. The van der Waals surface area contributed by atoms with E-state index in [0.29, 0.717) is 0 Å². The van der Waals surface area contributed by atoms with Crippen LogP contribution in [0.1, 0.15) is 0 Å². The fourth-order valence-electron chi connectivity index (χ4n) is 0.660. The maximum Gasteiger partial charge on any atom is 0.341 e. The largest absolute Gasteiger partial charge is 0.482 e. The summed E-state index contributed by atoms with van der Waals surface area (Å²) in [5, 5.41) is 8.23. The van der Waals surface area contributed by atoms with Crippen molar-refractivity contribution in [3.05, 3.63) is 28.7 Å². The zero-order valence-electron chi connectivity index (χ0n) is 6.11. The van der Waals surface area contributed by atoms with Crippen molar-refractivity contribution in [1.82, 2.24) is 4.98 Å². The lowest BCUT2D eigenvalue weighted by Gasteiger charge is -1.99. The van der Waals surface area contributed by atoms with E-state index < -0.39 is 12.6 Å². The summed E-state index contributed by atoms with van der Waals surface area (Å²) in [5.74, 6) is -0.823. The first kappa shape index (κ1) is 8.32. The van der Waals surface area contributed by atoms with Crippen LogP contribution in [-0.4, -0.2) is 22.7 Å². The third-order valence-corrected chi connectivity index (χ3v) is 1.11. The molecule has 0 aliphatic rings. The molecule has 12 heavy (non-hydrogen) atoms. The molecule has 0 bridgehead atoms. The number of aromatic nitrogens is 1. The molecule has 0 radical (unpaired) electrons. The Morgan fingerprint density at radius 3 is 3.00 bits per heavy atom. The van der Waals surface area contributed by atoms with Gasteiger partial charge in [-0.25, -0.2) is 4.79 Å². The molecule has 1 heterocycles. The highest BCUT2D eigenvalue weighted by molar-refractivity contribution is 5.68. The summed E-state index contributed by atoms with van der Waals surface area (Å²) in [6, 6.07) is 2.66. The quantitative estimate of drug-likeness (QED) is 0.658. The van der Waals surface area contributed by atoms with E-state index in [1.54, 1.807) is 0 Å². The molecule has 0 spiro atoms. The summed E-state index contributed by atoms with van der Waals surface area (Å²) >= 11 is 0. The highest BCUT2D eigenvalue weighted by Crippen LogP contribution is 2.02. The normalized spacial score (nSPS) is 9.33. The van der Waals surface area contributed by atoms with Crippen LogP contribution in [0.25, 0.3) is 0 Å². The second-order valence-electron chi connectivity index (χ2n) is 2.07. The summed E-state index contributed by atoms with van der Waals surface area (Å²) in [7, 11) is 0. The van der Waals surface area contributed by atoms with Crippen LogP contribution in [0.5, 0.6) is 5.75 Å². The average molecular weight is 169 g/mol. The molecule has 2 N–H and O–H groups in total. The average Bonchev–Trinajstić information content (AvgIpc) is 2.01. The number of hydrogen-bond acceptors (Lipinski definition) is 3. The Balaban J connectivity index is 2.64. The molecule has 1 rings (SSSR count). The summed E-state index contributed by atoms with van der Waals surface area (Å²) in [6.07, 6.45) is 1.39. The van der Waals surface area contributed by atoms with Gasteiger partial charge in [-0.1, -0.05) is 0 Å². The Morgan fingerprint density at radius 1 is 1.67 bits per heavy atom. The first-order valence-electron chi connectivity index (χ1n) is 3.22. The van der Waals surface area contributed by atoms with Gasteiger partial charge in [0, 0.05) is 12.3 Å². The third-order valence-electron chi connectivity index (χ3n) is 1.11. The van der Waals surface area contributed by atoms with Crippen LogP contribution in [0.2, 0.25) is 0 Å². The number of carbonyl (C=O) groups is 1. The number of aliphatic carboxylic acids is 1. The van der Waals surface area contributed by atoms with E-state index in [0.717, 1.165) is 0 Å². The van der Waals surface area contributed by atoms with Crippen molar-refractivity contribution in [2.24, 2.45) is 0 Å². The molecule has 0 unspecified atom stereocenters. The molecule has 0 aliphatic carbocycles. The highest BCUT2D eigenvalue weighted by Gasteiger charge is 1.98. The number of pyridine rings is 1. The van der Waals surface area contributed by atoms with Gasteiger partial charge in [0.05, 0.1) is 0 Å². The molecule has 5 nitrogen and oxygen atoms in total. The summed E-state index contributed by atoms with van der Waals surface area (Å²) < 4.78 is 4.73. The van der Waals surface area contributed by atoms with Crippen molar-refractivity contribution < 1.29 is 14.6 Å². The molecule has 0 aliphatic heterocycles. The molecule has 0 saturated heterocycles. The van der Waals surface area contributed by atoms with Crippen molar-refractivity contribution >= 4 is 5.97 Å². The number of aromatic amines is 1. The number of H-pyrrole nitrogens is 1. The van der Waals surface area contributed by atoms with E-state index in [2.05, 4.69) is 4.98 Å². The van der Waals surface area contributed by atoms with E-state index >= 15 is 0 Å². The van der Waals surface area contributed by atoms with Gasteiger partial charge in [0.25, 0.3) is 5.56 Å². The molecule has 0 saturated carbocycles. The van der Waals surface area contributed by atoms with Gasteiger partial charge in [0.15, 0.2) is 6.61 Å². The van der Waals surface area contributed by atoms with Crippen LogP contribution in [0.15, 0.2) is 23.1 Å². The maximum atomic E-state index is 10.7. The Labute approximate surface area is 67.6 Å². The van der Waals surface area contributed by atoms with E-state index in [4.69, 9.17) is 9.84 Å². The molecule has 0 atom stereocenters. The number of hydrogen-bond donors (Lipinski definition) is 2. The van der Waals surface area contributed by atoms with Crippen molar-refractivity contribution in [3.8, 4) is 5.75 Å². The maximum absolute atomic E-state index is 10.7. The van der Waals surface area contributed by atoms with Gasteiger partial charge in [-0.3, -0.25) is 4.79 Å². The van der Waals surface area contributed by atoms with E-state index in [1.807, 2.05) is 0 Å². The predicted octanol–water partition coefficient (Wildman–Crippen LogP) is -0.162. The van der Waals surface area contributed by atoms with Gasteiger partial charge >= 0.3 is 5.97 Å². The number of ether oxygens (including phenoxy) is 1. The standard InChI is InChI=1S/C7H7NO4/c9-6-3-5(1-2-8-6)12-4-7(10)11/h1-3H,4H2,(H,8,9)(H,10,11). The molecular weight excluding hydrogens is 162 g/mol. The highest BCUT2D eigenvalue weighted by atomic mass is 16.5. The molecule has 64 valence electrons. The number of carboxylic acids is 1. The van der Waals surface area contributed by atoms with Gasteiger partial charge in [0.1, 0.15) is 5.75 Å². The molecule has 0 aromatic carbocycles. The van der Waals surface area contributed by atoms with Gasteiger partial charge in [-0.15, -0.1) is 0 Å². The minimum absolute atomic E-state index is 0.251. The Kier molecular flexibility index (Phi) is 2.47. The lowest BCUT2D eigenvalue weighted by atomic mass is 10.4. The smallest absolute Gasteiger partial charge is 0.341 e. The molecule has 5 heteroatoms. The van der Waals surface area contributed by atoms with Gasteiger partial charge in [-0.05, 0) is 6.07 Å². The van der Waals surface area contributed by atoms with Crippen molar-refractivity contribution in [2.75, 3.05) is 6.61 Å². The first-order chi connectivity index (χ1) is 5.68. The van der Waals surface area contributed by atoms with E-state index in [-0.39, 0.29) is 11.3 Å². The van der Waals surface area contributed by atoms with Crippen LogP contribution >= 0.6 is 0 Å². The molecular formula is C7H7NO4. The van der Waals surface area contributed by atoms with Crippen LogP contribution < -0.4 is 10.3 Å². The lowest BCUT2D eigenvalue weighted by molar-refractivity contribution is -0.139. The zero-order valence-corrected chi connectivity index (χ0v) is 6.11. The zero-order chi connectivity index (χ0) is 8.97. The van der Waals surface area contributed by atoms with Crippen LogP contribution in [0.4, 0.5) is 0 Å². The SMILES string of the molecule is O=C(O)COc1cc[nH]c(=O)c1. The van der Waals surface area contributed by atoms with E-state index in [1.165, 1.54) is 18.3 Å². The number of carboxylic acid groups (broad SMARTS) is 1. The molecule has 1 aromatic heterocycles. The van der Waals surface area contributed by atoms with Gasteiger partial charge < -0.3 is 14.8 Å². The van der Waals surface area contributed by atoms with Crippen molar-refractivity contribution in [1.29, 1.82) is 0 Å². The van der Waals surface area contributed by atoms with Crippen molar-refractivity contribution in [3.63, 3.8) is 0 Å². The molecule has 0 amide bonds. The third kappa shape index (κ3) is 2.45. The Morgan fingerprint density at radius 2 is 2.42 bits per heavy atom. The minimum atomic E-state index is -1.07. The molecule has 1 aromatic rings. The number of nitrogens with one attached hydrogen (secondary N) is 1. The topological polar surface area (TPSA) is 79.4 Å². The van der Waals surface area contributed by atoms with E-state index in [9.17, 15) is 9.59 Å². The summed E-state index contributed by atoms with van der Waals surface area (Å²) in [6.45, 7) is -0.441. The Hall–Kier alpha value is -1.78. The van der Waals surface area contributed by atoms with Crippen LogP contribution in [-0.2, 0) is 4.79 Å². The lowest BCUT2D eigenvalue weighted by Crippen LogP contribution is -2.11.